The van der Waals surface area contributed by atoms with Crippen molar-refractivity contribution in [1.82, 2.24) is 16.0 Å². The summed E-state index contributed by atoms with van der Waals surface area (Å²) < 4.78 is 19.5. The molecule has 0 spiro atoms. The fraction of sp³-hybridized carbons (Fsp3) is 0.552. The number of hydrogen-bond donors (Lipinski definition) is 5. The molecule has 16 nitrogen and oxygen atoms in total. The molecule has 5 amide bonds. The molecule has 250 valence electrons. The van der Waals surface area contributed by atoms with Gasteiger partial charge in [0.25, 0.3) is 5.91 Å². The van der Waals surface area contributed by atoms with E-state index in [9.17, 15) is 33.6 Å². The summed E-state index contributed by atoms with van der Waals surface area (Å²) in [6, 6.07) is 0.200. The molecule has 0 aliphatic rings. The van der Waals surface area contributed by atoms with E-state index in [0.717, 1.165) is 14.2 Å². The van der Waals surface area contributed by atoms with Gasteiger partial charge in [-0.15, -0.1) is 0 Å². The van der Waals surface area contributed by atoms with Gasteiger partial charge in [0, 0.05) is 16.9 Å². The van der Waals surface area contributed by atoms with E-state index in [1.807, 2.05) is 0 Å². The van der Waals surface area contributed by atoms with Gasteiger partial charge in [0.05, 0.1) is 20.6 Å². The van der Waals surface area contributed by atoms with Gasteiger partial charge in [0.2, 0.25) is 11.8 Å². The normalized spacial score (nSPS) is 13.1. The standard InChI is InChI=1S/C29H43N5O11/c1-15(30-26(40)44-28(3,4)5)22(36)32-18-11-17(24(38)34-20(25(39)43-10)14-21(35)42-9)12-19(13-18)33-23(37)16(2)31-27(41)45-29(6,7)8/h11-13,15-16,20H,14H2,1-10H3,(H,30,40)(H,31,41)(H,32,36)(H,33,37)(H,34,38)/t15-,16-,20-/m0/s1. The summed E-state index contributed by atoms with van der Waals surface area (Å²) in [6.45, 7) is 12.7. The second kappa shape index (κ2) is 16.3. The van der Waals surface area contributed by atoms with Crippen molar-refractivity contribution in [2.24, 2.45) is 0 Å². The zero-order chi connectivity index (χ0) is 34.7. The Labute approximate surface area is 261 Å². The third-order valence-electron chi connectivity index (χ3n) is 5.37. The van der Waals surface area contributed by atoms with Gasteiger partial charge in [0.15, 0.2) is 0 Å². The Hall–Kier alpha value is -4.89. The first-order valence-corrected chi connectivity index (χ1v) is 13.9. The van der Waals surface area contributed by atoms with Crippen molar-refractivity contribution in [3.8, 4) is 0 Å². The first kappa shape index (κ1) is 38.1. The second-order valence-electron chi connectivity index (χ2n) is 11.8. The number of amides is 5. The number of ether oxygens (including phenoxy) is 4. The van der Waals surface area contributed by atoms with E-state index >= 15 is 0 Å². The van der Waals surface area contributed by atoms with E-state index in [1.165, 1.54) is 32.0 Å². The maximum absolute atomic E-state index is 13.2. The molecule has 0 aromatic heterocycles. The number of carbonyl (C=O) groups excluding carboxylic acids is 7. The lowest BCUT2D eigenvalue weighted by Gasteiger charge is -2.22. The molecule has 0 fully saturated rings. The molecule has 3 atom stereocenters. The second-order valence-corrected chi connectivity index (χ2v) is 11.8. The van der Waals surface area contributed by atoms with Crippen LogP contribution in [0.15, 0.2) is 18.2 Å². The average Bonchev–Trinajstić information content (AvgIpc) is 2.89. The highest BCUT2D eigenvalue weighted by molar-refractivity contribution is 6.03. The summed E-state index contributed by atoms with van der Waals surface area (Å²) in [6.07, 6.45) is -2.20. The molecule has 0 aliphatic heterocycles. The molecule has 0 heterocycles. The van der Waals surface area contributed by atoms with Crippen LogP contribution in [0.1, 0.15) is 72.2 Å². The minimum Gasteiger partial charge on any atom is -0.469 e. The quantitative estimate of drug-likeness (QED) is 0.175. The molecule has 45 heavy (non-hydrogen) atoms. The van der Waals surface area contributed by atoms with Gasteiger partial charge in [-0.3, -0.25) is 19.2 Å². The van der Waals surface area contributed by atoms with Gasteiger partial charge in [0.1, 0.15) is 29.3 Å². The van der Waals surface area contributed by atoms with E-state index in [1.54, 1.807) is 41.5 Å². The Kier molecular flexibility index (Phi) is 13.8. The predicted molar refractivity (Wildman–Crippen MR) is 161 cm³/mol. The van der Waals surface area contributed by atoms with Crippen LogP contribution in [0.4, 0.5) is 21.0 Å². The first-order valence-electron chi connectivity index (χ1n) is 13.9. The van der Waals surface area contributed by atoms with E-state index in [-0.39, 0.29) is 16.9 Å². The number of carbonyl (C=O) groups is 7. The molecule has 5 N–H and O–H groups in total. The molecule has 1 aromatic rings. The lowest BCUT2D eigenvalue weighted by atomic mass is 10.1. The molecule has 0 radical (unpaired) electrons. The van der Waals surface area contributed by atoms with E-state index < -0.39 is 77.6 Å². The van der Waals surface area contributed by atoms with Crippen LogP contribution in [0.25, 0.3) is 0 Å². The summed E-state index contributed by atoms with van der Waals surface area (Å²) in [7, 11) is 2.18. The third-order valence-corrected chi connectivity index (χ3v) is 5.37. The van der Waals surface area contributed by atoms with Crippen molar-refractivity contribution in [3.63, 3.8) is 0 Å². The van der Waals surface area contributed by atoms with Crippen LogP contribution in [0.3, 0.4) is 0 Å². The van der Waals surface area contributed by atoms with Crippen molar-refractivity contribution >= 4 is 53.2 Å². The number of benzene rings is 1. The van der Waals surface area contributed by atoms with Gasteiger partial charge in [-0.05, 0) is 73.6 Å². The molecule has 0 saturated heterocycles. The molecule has 0 bridgehead atoms. The van der Waals surface area contributed by atoms with Crippen molar-refractivity contribution in [2.75, 3.05) is 24.9 Å². The maximum atomic E-state index is 13.2. The number of rotatable bonds is 11. The molecular formula is C29H43N5O11. The SMILES string of the molecule is COC(=O)C[C@H](NC(=O)c1cc(NC(=O)[C@H](C)NC(=O)OC(C)(C)C)cc(NC(=O)[C@H](C)NC(=O)OC(C)(C)C)c1)C(=O)OC. The minimum absolute atomic E-state index is 0.0103. The fourth-order valence-corrected chi connectivity index (χ4v) is 3.33. The zero-order valence-electron chi connectivity index (χ0n) is 27.2. The Morgan fingerprint density at radius 2 is 1.09 bits per heavy atom. The monoisotopic (exact) mass is 637 g/mol. The average molecular weight is 638 g/mol. The summed E-state index contributed by atoms with van der Waals surface area (Å²) in [5, 5.41) is 12.2. The van der Waals surface area contributed by atoms with Crippen LogP contribution in [0.2, 0.25) is 0 Å². The molecule has 0 aliphatic carbocycles. The van der Waals surface area contributed by atoms with Crippen molar-refractivity contribution < 1.29 is 52.5 Å². The zero-order valence-corrected chi connectivity index (χ0v) is 27.2. The summed E-state index contributed by atoms with van der Waals surface area (Å²) in [4.78, 5) is 87.2. The van der Waals surface area contributed by atoms with Crippen molar-refractivity contribution in [1.29, 1.82) is 0 Å². The molecule has 1 rings (SSSR count). The molecule has 0 unspecified atom stereocenters. The van der Waals surface area contributed by atoms with Crippen LogP contribution in [-0.2, 0) is 38.1 Å². The van der Waals surface area contributed by atoms with E-state index in [4.69, 9.17) is 9.47 Å². The summed E-state index contributed by atoms with van der Waals surface area (Å²) >= 11 is 0. The Balaban J connectivity index is 3.32. The number of nitrogens with one attached hydrogen (secondary N) is 5. The van der Waals surface area contributed by atoms with E-state index in [0.29, 0.717) is 0 Å². The smallest absolute Gasteiger partial charge is 0.408 e. The van der Waals surface area contributed by atoms with Crippen LogP contribution in [0.5, 0.6) is 0 Å². The fourth-order valence-electron chi connectivity index (χ4n) is 3.33. The van der Waals surface area contributed by atoms with Gasteiger partial charge < -0.3 is 45.5 Å². The summed E-state index contributed by atoms with van der Waals surface area (Å²) in [5.41, 5.74) is -1.74. The topological polar surface area (TPSA) is 217 Å². The lowest BCUT2D eigenvalue weighted by molar-refractivity contribution is -0.149. The predicted octanol–water partition coefficient (Wildman–Crippen LogP) is 2.22. The maximum Gasteiger partial charge on any atom is 0.408 e. The van der Waals surface area contributed by atoms with Gasteiger partial charge in [-0.25, -0.2) is 14.4 Å². The van der Waals surface area contributed by atoms with E-state index in [2.05, 4.69) is 36.1 Å². The number of methoxy groups -OCH3 is 2. The number of alkyl carbamates (subject to hydrolysis) is 2. The number of esters is 2. The van der Waals surface area contributed by atoms with Crippen LogP contribution < -0.4 is 26.6 Å². The van der Waals surface area contributed by atoms with Crippen LogP contribution in [0, 0.1) is 0 Å². The van der Waals surface area contributed by atoms with Gasteiger partial charge in [-0.1, -0.05) is 0 Å². The first-order chi connectivity index (χ1) is 20.6. The van der Waals surface area contributed by atoms with Crippen LogP contribution >= 0.6 is 0 Å². The van der Waals surface area contributed by atoms with Crippen molar-refractivity contribution in [3.05, 3.63) is 23.8 Å². The largest absolute Gasteiger partial charge is 0.469 e. The third kappa shape index (κ3) is 14.4. The Bertz CT molecular complexity index is 1220. The minimum atomic E-state index is -1.41. The van der Waals surface area contributed by atoms with Crippen LogP contribution in [-0.4, -0.2) is 85.4 Å². The molecule has 1 aromatic carbocycles. The Morgan fingerprint density at radius 3 is 1.44 bits per heavy atom. The highest BCUT2D eigenvalue weighted by Crippen LogP contribution is 2.21. The molecular weight excluding hydrogens is 594 g/mol. The molecule has 16 heteroatoms. The number of anilines is 2. The summed E-state index contributed by atoms with van der Waals surface area (Å²) in [5.74, 6) is -3.99. The highest BCUT2D eigenvalue weighted by atomic mass is 16.6. The number of hydrogen-bond acceptors (Lipinski definition) is 11. The van der Waals surface area contributed by atoms with Gasteiger partial charge >= 0.3 is 24.1 Å². The van der Waals surface area contributed by atoms with Gasteiger partial charge in [-0.2, -0.15) is 0 Å². The Morgan fingerprint density at radius 1 is 0.667 bits per heavy atom. The lowest BCUT2D eigenvalue weighted by Crippen LogP contribution is -2.44. The highest BCUT2D eigenvalue weighted by Gasteiger charge is 2.27. The molecule has 0 saturated carbocycles. The van der Waals surface area contributed by atoms with Crippen molar-refractivity contribution in [2.45, 2.75) is 91.1 Å².